The highest BCUT2D eigenvalue weighted by molar-refractivity contribution is 7.00. The summed E-state index contributed by atoms with van der Waals surface area (Å²) in [6.45, 7) is 56.2. The summed E-state index contributed by atoms with van der Waals surface area (Å²) in [5.41, 5.74) is 35.2. The van der Waals surface area contributed by atoms with E-state index in [2.05, 4.69) is 388 Å². The highest BCUT2D eigenvalue weighted by Crippen LogP contribution is 2.49. The van der Waals surface area contributed by atoms with Gasteiger partial charge in [0.25, 0.3) is 6.71 Å². The van der Waals surface area contributed by atoms with Crippen molar-refractivity contribution in [3.63, 3.8) is 0 Å². The van der Waals surface area contributed by atoms with Crippen LogP contribution in [0.1, 0.15) is 211 Å². The minimum atomic E-state index is -0.168. The molecular formula is C102H107BN4. The molecule has 11 aromatic carbocycles. The first-order valence-corrected chi connectivity index (χ1v) is 39.1. The Bertz CT molecular complexity index is 5500. The molecule has 0 spiro atoms. The van der Waals surface area contributed by atoms with Crippen LogP contribution in [-0.4, -0.2) is 25.8 Å². The molecule has 2 aliphatic heterocycles. The second-order valence-electron chi connectivity index (χ2n) is 39.7. The van der Waals surface area contributed by atoms with Gasteiger partial charge in [0.2, 0.25) is 0 Å². The highest BCUT2D eigenvalue weighted by atomic mass is 15.0. The number of nitrogens with zero attached hydrogens (tertiary/aromatic N) is 4. The molecule has 0 radical (unpaired) electrons. The summed E-state index contributed by atoms with van der Waals surface area (Å²) in [6.07, 6.45) is 0. The summed E-state index contributed by atoms with van der Waals surface area (Å²) in [7, 11) is 0. The third kappa shape index (κ3) is 12.4. The fraction of sp³-hybridized carbons (Fsp3) is 0.314. The van der Waals surface area contributed by atoms with Crippen molar-refractivity contribution in [2.24, 2.45) is 0 Å². The van der Waals surface area contributed by atoms with Crippen LogP contribution in [0.5, 0.6) is 0 Å². The average Bonchev–Trinajstić information content (AvgIpc) is 1.54. The van der Waals surface area contributed by atoms with Crippen LogP contribution in [0.2, 0.25) is 0 Å². The maximum Gasteiger partial charge on any atom is 0.252 e. The molecule has 0 fully saturated rings. The van der Waals surface area contributed by atoms with Crippen molar-refractivity contribution in [3.05, 3.63) is 257 Å². The predicted octanol–water partition coefficient (Wildman–Crippen LogP) is 25.9. The molecular weight excluding hydrogens is 1290 g/mol. The third-order valence-corrected chi connectivity index (χ3v) is 23.5. The largest absolute Gasteiger partial charge is 0.310 e. The minimum absolute atomic E-state index is 0.0989. The van der Waals surface area contributed by atoms with Gasteiger partial charge >= 0.3 is 0 Å². The first-order chi connectivity index (χ1) is 50.1. The molecule has 4 nitrogen and oxygen atoms in total. The van der Waals surface area contributed by atoms with Gasteiger partial charge in [0.15, 0.2) is 5.82 Å². The molecule has 0 aliphatic carbocycles. The SMILES string of the molecule is CC(C)(C)c1cc(-c2cc(-c3cc4c5c(c3)-n3c6ccc(-c7ccccc7)cc6c6c(-c7cc(C(C)(C)C)cc(C(C)(C)C)c7)ccc(c63)B5c3ccc(-c5cc(C(C)(C)C)cc(C(C)(C)C)c5)c5c6cc(-c7ccccc7)ccc6n-4c35)nc(-c3cc(C(C)(C)C)cc(C(C)(C)C)c3)n2)cc(C(C)(C)C)c1. The van der Waals surface area contributed by atoms with Crippen LogP contribution < -0.4 is 16.4 Å². The van der Waals surface area contributed by atoms with Gasteiger partial charge in [-0.25, -0.2) is 9.97 Å². The smallest absolute Gasteiger partial charge is 0.252 e. The Morgan fingerprint density at radius 2 is 0.551 bits per heavy atom. The normalized spacial score (nSPS) is 13.6. The average molecular weight is 1400 g/mol. The molecule has 0 saturated heterocycles. The number of aromatic nitrogens is 4. The fourth-order valence-electron chi connectivity index (χ4n) is 16.8. The Kier molecular flexibility index (Phi) is 16.2. The van der Waals surface area contributed by atoms with E-state index in [9.17, 15) is 0 Å². The van der Waals surface area contributed by atoms with Gasteiger partial charge in [-0.1, -0.05) is 312 Å². The van der Waals surface area contributed by atoms with E-state index >= 15 is 0 Å². The third-order valence-electron chi connectivity index (χ3n) is 23.5. The number of rotatable bonds is 7. The first-order valence-electron chi connectivity index (χ1n) is 39.1. The summed E-state index contributed by atoms with van der Waals surface area (Å²) in [6, 6.07) is 83.3. The van der Waals surface area contributed by atoms with Crippen molar-refractivity contribution >= 4 is 66.7 Å². The van der Waals surface area contributed by atoms with E-state index in [-0.39, 0.29) is 50.0 Å². The summed E-state index contributed by atoms with van der Waals surface area (Å²) < 4.78 is 5.37. The monoisotopic (exact) mass is 1400 g/mol. The summed E-state index contributed by atoms with van der Waals surface area (Å²) in [5.74, 6) is 0.713. The van der Waals surface area contributed by atoms with Crippen LogP contribution in [0.25, 0.3) is 133 Å². The molecule has 0 N–H and O–H groups in total. The number of fused-ring (bicyclic) bond motifs is 10. The quantitative estimate of drug-likeness (QED) is 0.149. The maximum atomic E-state index is 6.02. The molecule has 5 heterocycles. The molecule has 5 heteroatoms. The van der Waals surface area contributed by atoms with Crippen molar-refractivity contribution in [2.45, 2.75) is 209 Å². The van der Waals surface area contributed by atoms with Crippen molar-refractivity contribution in [1.82, 2.24) is 19.1 Å². The van der Waals surface area contributed by atoms with E-state index in [1.165, 1.54) is 149 Å². The van der Waals surface area contributed by atoms with Gasteiger partial charge in [0, 0.05) is 60.6 Å². The van der Waals surface area contributed by atoms with Crippen LogP contribution in [-0.2, 0) is 43.3 Å². The Morgan fingerprint density at radius 1 is 0.252 bits per heavy atom. The summed E-state index contributed by atoms with van der Waals surface area (Å²) in [5, 5.41) is 5.00. The van der Waals surface area contributed by atoms with E-state index in [1.54, 1.807) is 0 Å². The lowest BCUT2D eigenvalue weighted by atomic mass is 9.34. The highest BCUT2D eigenvalue weighted by Gasteiger charge is 2.43. The van der Waals surface area contributed by atoms with E-state index in [4.69, 9.17) is 9.97 Å². The van der Waals surface area contributed by atoms with E-state index < -0.39 is 0 Å². The van der Waals surface area contributed by atoms with E-state index in [1.807, 2.05) is 0 Å². The second-order valence-corrected chi connectivity index (χ2v) is 39.7. The van der Waals surface area contributed by atoms with E-state index in [0.717, 1.165) is 39.5 Å². The predicted molar refractivity (Wildman–Crippen MR) is 463 cm³/mol. The van der Waals surface area contributed by atoms with Gasteiger partial charge in [0.1, 0.15) is 0 Å². The van der Waals surface area contributed by atoms with Crippen molar-refractivity contribution in [2.75, 3.05) is 0 Å². The topological polar surface area (TPSA) is 35.6 Å². The summed E-state index contributed by atoms with van der Waals surface area (Å²) in [4.78, 5) is 11.9. The minimum Gasteiger partial charge on any atom is -0.310 e. The van der Waals surface area contributed by atoms with Gasteiger partial charge in [-0.05, 0) is 215 Å². The number of benzene rings is 11. The zero-order valence-corrected chi connectivity index (χ0v) is 68.1. The van der Waals surface area contributed by atoms with Gasteiger partial charge in [-0.2, -0.15) is 0 Å². The lowest BCUT2D eigenvalue weighted by molar-refractivity contribution is 0.568. The molecule has 0 atom stereocenters. The van der Waals surface area contributed by atoms with Crippen LogP contribution >= 0.6 is 0 Å². The van der Waals surface area contributed by atoms with Crippen molar-refractivity contribution < 1.29 is 0 Å². The van der Waals surface area contributed by atoms with Gasteiger partial charge in [0.05, 0.1) is 22.4 Å². The van der Waals surface area contributed by atoms with Gasteiger partial charge in [-0.3, -0.25) is 0 Å². The molecule has 16 rings (SSSR count). The molecule has 107 heavy (non-hydrogen) atoms. The lowest BCUT2D eigenvalue weighted by Gasteiger charge is -2.34. The number of hydrogen-bond donors (Lipinski definition) is 0. The first kappa shape index (κ1) is 71.4. The molecule has 0 unspecified atom stereocenters. The second kappa shape index (κ2) is 24.3. The lowest BCUT2D eigenvalue weighted by Crippen LogP contribution is -2.59. The molecule has 538 valence electrons. The van der Waals surface area contributed by atoms with Gasteiger partial charge in [-0.15, -0.1) is 0 Å². The molecule has 2 aliphatic rings. The Balaban J connectivity index is 1.10. The van der Waals surface area contributed by atoms with Gasteiger partial charge < -0.3 is 9.13 Å². The summed E-state index contributed by atoms with van der Waals surface area (Å²) >= 11 is 0. The van der Waals surface area contributed by atoms with Crippen molar-refractivity contribution in [1.29, 1.82) is 0 Å². The standard InChI is InChI=1S/C102H107BN4/c1-95(2,3)69-43-64(44-70(55-69)96(4,5)6)77-37-39-81-92-89(77)79-51-62(60-31-27-25-28-32-60)35-41-85(79)106(92)87-53-67(84-59-83(66-47-73(99(13,14)15)57-74(48-66)100(16,17)18)104-94(105-84)68-49-75(101(19,20)21)58-76(50-68)102(22,23)24)54-88-91(87)103(81)82-40-38-78(65-45-71(97(7,8)9)56-72(46-65)98(10,11)12)90-80-52-63(61-33-29-26-30-34-61)36-42-86(80)107(88)93(82)90/h25-59H,1-24H3. The Labute approximate surface area is 637 Å². The molecule has 0 amide bonds. The zero-order chi connectivity index (χ0) is 76.1. The van der Waals surface area contributed by atoms with Crippen molar-refractivity contribution in [3.8, 4) is 89.8 Å². The van der Waals surface area contributed by atoms with Crippen LogP contribution in [0.4, 0.5) is 0 Å². The zero-order valence-electron chi connectivity index (χ0n) is 68.1. The fourth-order valence-corrected chi connectivity index (χ4v) is 16.8. The molecule has 0 bridgehead atoms. The molecule has 3 aromatic heterocycles. The van der Waals surface area contributed by atoms with Crippen LogP contribution in [0.3, 0.4) is 0 Å². The van der Waals surface area contributed by atoms with Crippen LogP contribution in [0.15, 0.2) is 212 Å². The maximum absolute atomic E-state index is 6.02. The van der Waals surface area contributed by atoms with E-state index in [0.29, 0.717) is 5.82 Å². The number of hydrogen-bond acceptors (Lipinski definition) is 2. The Hall–Kier alpha value is -9.84. The Morgan fingerprint density at radius 3 is 0.869 bits per heavy atom. The molecule has 0 saturated carbocycles. The molecule has 14 aromatic rings. The van der Waals surface area contributed by atoms with Crippen LogP contribution in [0, 0.1) is 0 Å².